The average Bonchev–Trinajstić information content (AvgIpc) is 2.45. The van der Waals surface area contributed by atoms with Gasteiger partial charge in [-0.2, -0.15) is 0 Å². The van der Waals surface area contributed by atoms with Crippen molar-refractivity contribution in [3.8, 4) is 11.5 Å². The van der Waals surface area contributed by atoms with Crippen molar-refractivity contribution in [1.29, 1.82) is 0 Å². The Morgan fingerprint density at radius 2 is 1.67 bits per heavy atom. The van der Waals surface area contributed by atoms with E-state index in [0.717, 1.165) is 18.7 Å². The number of benzene rings is 2. The molecule has 0 bridgehead atoms. The van der Waals surface area contributed by atoms with Crippen molar-refractivity contribution >= 4 is 11.6 Å². The van der Waals surface area contributed by atoms with Crippen molar-refractivity contribution in [3.05, 3.63) is 53.6 Å². The zero-order chi connectivity index (χ0) is 15.2. The van der Waals surface area contributed by atoms with E-state index >= 15 is 0 Å². The summed E-state index contributed by atoms with van der Waals surface area (Å²) in [4.78, 5) is 12.0. The summed E-state index contributed by atoms with van der Waals surface area (Å²) in [6.07, 6.45) is 0. The molecular weight excluding hydrogens is 268 g/mol. The summed E-state index contributed by atoms with van der Waals surface area (Å²) in [5.74, 6) is -0.692. The van der Waals surface area contributed by atoms with Crippen LogP contribution in [0.25, 0.3) is 0 Å². The topological polar surface area (TPSA) is 81.6 Å². The fourth-order valence-electron chi connectivity index (χ4n) is 1.90. The Labute approximate surface area is 123 Å². The van der Waals surface area contributed by atoms with Crippen molar-refractivity contribution in [1.82, 2.24) is 5.32 Å². The van der Waals surface area contributed by atoms with Gasteiger partial charge in [0.1, 0.15) is 11.5 Å². The quantitative estimate of drug-likeness (QED) is 0.680. The fourth-order valence-corrected chi connectivity index (χ4v) is 1.90. The van der Waals surface area contributed by atoms with Gasteiger partial charge in [-0.15, -0.1) is 0 Å². The number of phenols is 2. The number of carbonyl (C=O) groups excluding carboxylic acids is 1. The second kappa shape index (κ2) is 6.76. The van der Waals surface area contributed by atoms with E-state index in [4.69, 9.17) is 0 Å². The first-order valence-corrected chi connectivity index (χ1v) is 6.72. The number of hydrogen-bond donors (Lipinski definition) is 4. The van der Waals surface area contributed by atoms with Gasteiger partial charge in [-0.25, -0.2) is 0 Å². The van der Waals surface area contributed by atoms with Gasteiger partial charge in [0.05, 0.1) is 0 Å². The number of anilines is 1. The van der Waals surface area contributed by atoms with Crippen LogP contribution in [0.4, 0.5) is 5.69 Å². The maximum Gasteiger partial charge on any atom is 0.255 e. The molecule has 0 atom stereocenters. The highest BCUT2D eigenvalue weighted by molar-refractivity contribution is 6.04. The smallest absolute Gasteiger partial charge is 0.255 e. The Morgan fingerprint density at radius 3 is 2.24 bits per heavy atom. The molecule has 0 fully saturated rings. The van der Waals surface area contributed by atoms with Crippen LogP contribution in [-0.2, 0) is 6.54 Å². The highest BCUT2D eigenvalue weighted by atomic mass is 16.3. The summed E-state index contributed by atoms with van der Waals surface area (Å²) in [7, 11) is 0. The molecule has 0 heterocycles. The lowest BCUT2D eigenvalue weighted by atomic mass is 10.1. The number of nitrogens with one attached hydrogen (secondary N) is 2. The van der Waals surface area contributed by atoms with E-state index in [1.165, 1.54) is 18.2 Å². The predicted molar refractivity (Wildman–Crippen MR) is 81.5 cm³/mol. The van der Waals surface area contributed by atoms with Crippen molar-refractivity contribution in [2.45, 2.75) is 13.5 Å². The lowest BCUT2D eigenvalue weighted by molar-refractivity contribution is 0.102. The molecule has 21 heavy (non-hydrogen) atoms. The summed E-state index contributed by atoms with van der Waals surface area (Å²) in [6, 6.07) is 11.3. The van der Waals surface area contributed by atoms with E-state index in [9.17, 15) is 15.0 Å². The molecule has 2 aromatic rings. The summed E-state index contributed by atoms with van der Waals surface area (Å²) in [5, 5.41) is 24.7. The monoisotopic (exact) mass is 286 g/mol. The lowest BCUT2D eigenvalue weighted by Gasteiger charge is -2.08. The normalized spacial score (nSPS) is 10.3. The third kappa shape index (κ3) is 4.22. The van der Waals surface area contributed by atoms with E-state index in [-0.39, 0.29) is 23.0 Å². The maximum absolute atomic E-state index is 12.0. The molecule has 0 aliphatic heterocycles. The van der Waals surface area contributed by atoms with Crippen LogP contribution in [0.2, 0.25) is 0 Å². The van der Waals surface area contributed by atoms with Crippen molar-refractivity contribution in [2.24, 2.45) is 0 Å². The molecular formula is C16H18N2O3. The van der Waals surface area contributed by atoms with Crippen LogP contribution >= 0.6 is 0 Å². The number of rotatable bonds is 5. The van der Waals surface area contributed by atoms with Crippen LogP contribution in [0, 0.1) is 0 Å². The molecule has 0 saturated heterocycles. The van der Waals surface area contributed by atoms with E-state index in [0.29, 0.717) is 5.69 Å². The first-order valence-electron chi connectivity index (χ1n) is 6.72. The maximum atomic E-state index is 12.0. The van der Waals surface area contributed by atoms with E-state index < -0.39 is 0 Å². The molecule has 0 aromatic heterocycles. The Morgan fingerprint density at radius 1 is 1.05 bits per heavy atom. The highest BCUT2D eigenvalue weighted by Gasteiger charge is 2.09. The Bertz CT molecular complexity index is 604. The van der Waals surface area contributed by atoms with Crippen molar-refractivity contribution < 1.29 is 15.0 Å². The third-order valence-electron chi connectivity index (χ3n) is 2.96. The number of amides is 1. The second-order valence-electron chi connectivity index (χ2n) is 4.67. The van der Waals surface area contributed by atoms with Crippen molar-refractivity contribution in [3.63, 3.8) is 0 Å². The molecule has 4 N–H and O–H groups in total. The second-order valence-corrected chi connectivity index (χ2v) is 4.67. The largest absolute Gasteiger partial charge is 0.508 e. The molecule has 2 aromatic carbocycles. The molecule has 0 aliphatic carbocycles. The van der Waals surface area contributed by atoms with Crippen LogP contribution in [0.15, 0.2) is 42.5 Å². The summed E-state index contributed by atoms with van der Waals surface area (Å²) in [6.45, 7) is 3.73. The molecule has 0 radical (unpaired) electrons. The molecule has 5 heteroatoms. The van der Waals surface area contributed by atoms with Gasteiger partial charge in [-0.1, -0.05) is 19.1 Å². The fraction of sp³-hybridized carbons (Fsp3) is 0.188. The zero-order valence-corrected chi connectivity index (χ0v) is 11.8. The zero-order valence-electron chi connectivity index (χ0n) is 11.8. The number of phenolic OH excluding ortho intramolecular Hbond substituents is 2. The lowest BCUT2D eigenvalue weighted by Crippen LogP contribution is -2.13. The number of carbonyl (C=O) groups is 1. The minimum atomic E-state index is -0.388. The van der Waals surface area contributed by atoms with Gasteiger partial charge in [0.2, 0.25) is 0 Å². The van der Waals surface area contributed by atoms with Gasteiger partial charge >= 0.3 is 0 Å². The SMILES string of the molecule is CCNCc1ccc(NC(=O)c2cc(O)cc(O)c2)cc1. The average molecular weight is 286 g/mol. The van der Waals surface area contributed by atoms with Gasteiger partial charge in [0.15, 0.2) is 0 Å². The van der Waals surface area contributed by atoms with Crippen LogP contribution < -0.4 is 10.6 Å². The minimum Gasteiger partial charge on any atom is -0.508 e. The molecule has 0 aliphatic rings. The first kappa shape index (κ1) is 14.9. The molecule has 5 nitrogen and oxygen atoms in total. The standard InChI is InChI=1S/C16H18N2O3/c1-2-17-10-11-3-5-13(6-4-11)18-16(21)12-7-14(19)9-15(20)8-12/h3-9,17,19-20H,2,10H2,1H3,(H,18,21). The molecule has 2 rings (SSSR count). The van der Waals surface area contributed by atoms with E-state index in [2.05, 4.69) is 10.6 Å². The Balaban J connectivity index is 2.05. The van der Waals surface area contributed by atoms with Gasteiger partial charge in [0, 0.05) is 23.9 Å². The van der Waals surface area contributed by atoms with Crippen LogP contribution in [0.5, 0.6) is 11.5 Å². The molecule has 0 spiro atoms. The van der Waals surface area contributed by atoms with Gasteiger partial charge in [0.25, 0.3) is 5.91 Å². The molecule has 1 amide bonds. The van der Waals surface area contributed by atoms with Crippen LogP contribution in [-0.4, -0.2) is 22.7 Å². The molecule has 110 valence electrons. The molecule has 0 unspecified atom stereocenters. The highest BCUT2D eigenvalue weighted by Crippen LogP contribution is 2.21. The van der Waals surface area contributed by atoms with Crippen molar-refractivity contribution in [2.75, 3.05) is 11.9 Å². The molecule has 0 saturated carbocycles. The number of hydrogen-bond acceptors (Lipinski definition) is 4. The van der Waals surface area contributed by atoms with Gasteiger partial charge in [-0.3, -0.25) is 4.79 Å². The number of aromatic hydroxyl groups is 2. The predicted octanol–water partition coefficient (Wildman–Crippen LogP) is 2.46. The van der Waals surface area contributed by atoms with Crippen LogP contribution in [0.3, 0.4) is 0 Å². The van der Waals surface area contributed by atoms with E-state index in [1.54, 1.807) is 0 Å². The van der Waals surface area contributed by atoms with Crippen LogP contribution in [0.1, 0.15) is 22.8 Å². The Hall–Kier alpha value is -2.53. The first-order chi connectivity index (χ1) is 10.1. The van der Waals surface area contributed by atoms with Gasteiger partial charge in [-0.05, 0) is 36.4 Å². The van der Waals surface area contributed by atoms with Gasteiger partial charge < -0.3 is 20.8 Å². The Kier molecular flexibility index (Phi) is 4.79. The van der Waals surface area contributed by atoms with E-state index in [1.807, 2.05) is 31.2 Å². The summed E-state index contributed by atoms with van der Waals surface area (Å²) >= 11 is 0. The summed E-state index contributed by atoms with van der Waals surface area (Å²) in [5.41, 5.74) is 1.98. The summed E-state index contributed by atoms with van der Waals surface area (Å²) < 4.78 is 0. The minimum absolute atomic E-state index is 0.152. The third-order valence-corrected chi connectivity index (χ3v) is 2.96.